The maximum absolute atomic E-state index is 6.45. The molecule has 0 bridgehead atoms. The molecule has 0 aliphatic carbocycles. The minimum Gasteiger partial charge on any atom is -0.456 e. The average molecular weight is 597 g/mol. The maximum atomic E-state index is 6.45. The predicted octanol–water partition coefficient (Wildman–Crippen LogP) is 13.1. The summed E-state index contributed by atoms with van der Waals surface area (Å²) in [6.45, 7) is 0. The van der Waals surface area contributed by atoms with Gasteiger partial charge in [-0.25, -0.2) is 0 Å². The van der Waals surface area contributed by atoms with Crippen LogP contribution in [0.2, 0.25) is 0 Å². The number of fused-ring (bicyclic) bond motifs is 6. The van der Waals surface area contributed by atoms with Crippen LogP contribution in [0.5, 0.6) is 11.5 Å². The lowest BCUT2D eigenvalue weighted by molar-refractivity contribution is 0.487. The molecule has 0 radical (unpaired) electrons. The van der Waals surface area contributed by atoms with E-state index in [1.807, 2.05) is 6.07 Å². The van der Waals surface area contributed by atoms with Gasteiger partial charge in [0.2, 0.25) is 0 Å². The lowest BCUT2D eigenvalue weighted by atomic mass is 9.86. The molecule has 0 fully saturated rings. The van der Waals surface area contributed by atoms with Crippen LogP contribution in [-0.4, -0.2) is 0 Å². The molecule has 0 aromatic heterocycles. The molecule has 218 valence electrons. The van der Waals surface area contributed by atoms with Gasteiger partial charge >= 0.3 is 0 Å². The van der Waals surface area contributed by atoms with Crippen molar-refractivity contribution in [2.75, 3.05) is 0 Å². The lowest BCUT2D eigenvalue weighted by Gasteiger charge is -2.23. The molecule has 9 aromatic carbocycles. The Morgan fingerprint density at radius 2 is 0.915 bits per heavy atom. The largest absolute Gasteiger partial charge is 0.456 e. The first-order valence-electron chi connectivity index (χ1n) is 16.2. The number of rotatable bonds is 3. The average Bonchev–Trinajstić information content (AvgIpc) is 3.14. The molecule has 0 spiro atoms. The molecule has 1 aliphatic heterocycles. The van der Waals surface area contributed by atoms with Crippen LogP contribution < -0.4 is 4.74 Å². The van der Waals surface area contributed by atoms with Crippen LogP contribution in [0.15, 0.2) is 170 Å². The van der Waals surface area contributed by atoms with E-state index >= 15 is 0 Å². The molecular weight excluding hydrogens is 569 g/mol. The lowest BCUT2D eigenvalue weighted by Crippen LogP contribution is -1.97. The minimum atomic E-state index is 0.907. The highest BCUT2D eigenvalue weighted by Gasteiger charge is 2.22. The molecule has 10 rings (SSSR count). The number of benzene rings is 9. The third-order valence-electron chi connectivity index (χ3n) is 9.79. The molecule has 0 N–H and O–H groups in total. The van der Waals surface area contributed by atoms with Gasteiger partial charge in [0.15, 0.2) is 0 Å². The third kappa shape index (κ3) is 4.10. The molecule has 0 amide bonds. The van der Waals surface area contributed by atoms with Crippen molar-refractivity contribution in [3.63, 3.8) is 0 Å². The van der Waals surface area contributed by atoms with Crippen LogP contribution in [-0.2, 0) is 0 Å². The summed E-state index contributed by atoms with van der Waals surface area (Å²) in [6, 6.07) is 61.7. The van der Waals surface area contributed by atoms with E-state index in [1.54, 1.807) is 0 Å². The van der Waals surface area contributed by atoms with Gasteiger partial charge in [0, 0.05) is 10.9 Å². The highest BCUT2D eigenvalue weighted by atomic mass is 16.5. The monoisotopic (exact) mass is 596 g/mol. The van der Waals surface area contributed by atoms with Crippen molar-refractivity contribution in [2.24, 2.45) is 0 Å². The molecular formula is C46H28O. The van der Waals surface area contributed by atoms with Crippen LogP contribution >= 0.6 is 0 Å². The highest BCUT2D eigenvalue weighted by Crippen LogP contribution is 2.49. The van der Waals surface area contributed by atoms with E-state index in [2.05, 4.69) is 164 Å². The summed E-state index contributed by atoms with van der Waals surface area (Å²) in [7, 11) is 0. The first-order chi connectivity index (χ1) is 23.3. The van der Waals surface area contributed by atoms with E-state index in [-0.39, 0.29) is 0 Å². The van der Waals surface area contributed by atoms with Crippen molar-refractivity contribution in [1.29, 1.82) is 0 Å². The summed E-state index contributed by atoms with van der Waals surface area (Å²) in [5.41, 5.74) is 9.57. The Morgan fingerprint density at radius 1 is 0.277 bits per heavy atom. The molecule has 47 heavy (non-hydrogen) atoms. The van der Waals surface area contributed by atoms with Gasteiger partial charge in [-0.1, -0.05) is 121 Å². The van der Waals surface area contributed by atoms with E-state index in [4.69, 9.17) is 4.74 Å². The number of hydrogen-bond donors (Lipinski definition) is 0. The summed E-state index contributed by atoms with van der Waals surface area (Å²) in [5.74, 6) is 1.81. The summed E-state index contributed by atoms with van der Waals surface area (Å²) in [6.07, 6.45) is 0. The van der Waals surface area contributed by atoms with Crippen molar-refractivity contribution in [3.05, 3.63) is 170 Å². The summed E-state index contributed by atoms with van der Waals surface area (Å²) in [4.78, 5) is 0. The zero-order chi connectivity index (χ0) is 30.9. The first kappa shape index (κ1) is 26.1. The van der Waals surface area contributed by atoms with E-state index in [1.165, 1.54) is 76.6 Å². The molecule has 1 nitrogen and oxygen atoms in total. The van der Waals surface area contributed by atoms with E-state index < -0.39 is 0 Å². The van der Waals surface area contributed by atoms with Gasteiger partial charge in [-0.2, -0.15) is 0 Å². The fraction of sp³-hybridized carbons (Fsp3) is 0. The van der Waals surface area contributed by atoms with Crippen LogP contribution in [0.4, 0.5) is 0 Å². The number of hydrogen-bond acceptors (Lipinski definition) is 1. The Hall–Kier alpha value is -6.18. The van der Waals surface area contributed by atoms with Crippen LogP contribution in [0.25, 0.3) is 87.6 Å². The van der Waals surface area contributed by atoms with Crippen LogP contribution in [0.3, 0.4) is 0 Å². The second kappa shape index (κ2) is 10.2. The number of para-hydroxylation sites is 1. The van der Waals surface area contributed by atoms with Gasteiger partial charge in [0.05, 0.1) is 0 Å². The second-order valence-electron chi connectivity index (χ2n) is 12.5. The molecule has 1 heterocycles. The fourth-order valence-corrected chi connectivity index (χ4v) is 7.59. The molecule has 0 unspecified atom stereocenters. The van der Waals surface area contributed by atoms with Crippen molar-refractivity contribution >= 4 is 43.1 Å². The Bertz CT molecular complexity index is 2700. The molecule has 0 saturated carbocycles. The van der Waals surface area contributed by atoms with Gasteiger partial charge in [0.25, 0.3) is 0 Å². The van der Waals surface area contributed by atoms with Crippen LogP contribution in [0.1, 0.15) is 0 Å². The van der Waals surface area contributed by atoms with Crippen LogP contribution in [0, 0.1) is 0 Å². The number of ether oxygens (including phenoxy) is 1. The van der Waals surface area contributed by atoms with Gasteiger partial charge in [-0.05, 0) is 125 Å². The first-order valence-corrected chi connectivity index (χ1v) is 16.2. The van der Waals surface area contributed by atoms with E-state index in [0.717, 1.165) is 22.4 Å². The summed E-state index contributed by atoms with van der Waals surface area (Å²) >= 11 is 0. The Kier molecular flexibility index (Phi) is 5.64. The van der Waals surface area contributed by atoms with Gasteiger partial charge < -0.3 is 4.74 Å². The van der Waals surface area contributed by atoms with Gasteiger partial charge in [-0.3, -0.25) is 0 Å². The molecule has 1 heteroatoms. The molecule has 0 atom stereocenters. The predicted molar refractivity (Wildman–Crippen MR) is 198 cm³/mol. The topological polar surface area (TPSA) is 9.23 Å². The Labute approximate surface area is 272 Å². The van der Waals surface area contributed by atoms with Crippen molar-refractivity contribution in [1.82, 2.24) is 0 Å². The zero-order valence-electron chi connectivity index (χ0n) is 25.6. The van der Waals surface area contributed by atoms with Crippen molar-refractivity contribution in [2.45, 2.75) is 0 Å². The SMILES string of the molecule is c1ccc(-c2cc(-c3ccc4c5c(cccc35)-c3ccccc3O4)cc(-c3cc4ccccc4c4cc5ccccc5cc34)c2)cc1. The fourth-order valence-electron chi connectivity index (χ4n) is 7.59. The zero-order valence-corrected chi connectivity index (χ0v) is 25.6. The second-order valence-corrected chi connectivity index (χ2v) is 12.5. The van der Waals surface area contributed by atoms with E-state index in [9.17, 15) is 0 Å². The smallest absolute Gasteiger partial charge is 0.135 e. The van der Waals surface area contributed by atoms with E-state index in [0.29, 0.717) is 0 Å². The third-order valence-corrected chi connectivity index (χ3v) is 9.79. The molecule has 1 aliphatic rings. The molecule has 0 saturated heterocycles. The normalized spacial score (nSPS) is 12.0. The standard InChI is InChI=1S/C46H28O/c1-2-11-29(12-3-1)33-23-34(37-21-22-45-46-39(37)18-10-19-40(46)38-17-8-9-20-44(38)47-45)25-35(24-33)41-28-32-15-6-7-16-36(32)42-26-30-13-4-5-14-31(30)27-43(41)42/h1-28H. The maximum Gasteiger partial charge on any atom is 0.135 e. The Morgan fingerprint density at radius 3 is 1.77 bits per heavy atom. The summed E-state index contributed by atoms with van der Waals surface area (Å²) in [5, 5.41) is 9.93. The Balaban J connectivity index is 1.28. The van der Waals surface area contributed by atoms with Gasteiger partial charge in [-0.15, -0.1) is 0 Å². The highest BCUT2D eigenvalue weighted by molar-refractivity contribution is 6.18. The molecule has 9 aromatic rings. The van der Waals surface area contributed by atoms with Crippen molar-refractivity contribution < 1.29 is 4.74 Å². The van der Waals surface area contributed by atoms with Crippen molar-refractivity contribution in [3.8, 4) is 56.0 Å². The minimum absolute atomic E-state index is 0.907. The van der Waals surface area contributed by atoms with Gasteiger partial charge in [0.1, 0.15) is 11.5 Å². The summed E-state index contributed by atoms with van der Waals surface area (Å²) < 4.78 is 6.45. The quantitative estimate of drug-likeness (QED) is 0.146.